The highest BCUT2D eigenvalue weighted by molar-refractivity contribution is 6.35. The lowest BCUT2D eigenvalue weighted by Crippen LogP contribution is -2.28. The third-order valence-corrected chi connectivity index (χ3v) is 5.38. The van der Waals surface area contributed by atoms with Crippen molar-refractivity contribution in [2.45, 2.75) is 19.9 Å². The molecule has 0 unspecified atom stereocenters. The summed E-state index contributed by atoms with van der Waals surface area (Å²) < 4.78 is 15.4. The lowest BCUT2D eigenvalue weighted by atomic mass is 10.1. The van der Waals surface area contributed by atoms with Crippen LogP contribution in [0.3, 0.4) is 0 Å². The topological polar surface area (TPSA) is 161 Å². The van der Waals surface area contributed by atoms with E-state index in [9.17, 15) is 14.4 Å². The number of nitriles is 1. The Balaban J connectivity index is 1.99. The smallest absolute Gasteiger partial charge is 0.267 e. The summed E-state index contributed by atoms with van der Waals surface area (Å²) in [5.41, 5.74) is 12.3. The first kappa shape index (κ1) is 21.9. The van der Waals surface area contributed by atoms with E-state index in [1.807, 2.05) is 6.07 Å². The molecule has 0 saturated heterocycles. The van der Waals surface area contributed by atoms with E-state index in [1.54, 1.807) is 26.1 Å². The summed E-state index contributed by atoms with van der Waals surface area (Å²) in [6.45, 7) is 3.50. The summed E-state index contributed by atoms with van der Waals surface area (Å²) in [5, 5.41) is 12.1. The van der Waals surface area contributed by atoms with Crippen LogP contribution in [0.25, 0.3) is 16.6 Å². The van der Waals surface area contributed by atoms with Gasteiger partial charge in [0.15, 0.2) is 5.82 Å². The van der Waals surface area contributed by atoms with Crippen molar-refractivity contribution >= 4 is 40.1 Å². The van der Waals surface area contributed by atoms with Crippen LogP contribution in [0.5, 0.6) is 0 Å². The number of halogens is 2. The first-order valence-corrected chi connectivity index (χ1v) is 10.0. The molecule has 33 heavy (non-hydrogen) atoms. The zero-order valence-corrected chi connectivity index (χ0v) is 18.2. The van der Waals surface area contributed by atoms with E-state index in [1.165, 1.54) is 16.8 Å². The fourth-order valence-corrected chi connectivity index (χ4v) is 3.66. The van der Waals surface area contributed by atoms with Crippen LogP contribution in [0, 0.1) is 24.1 Å². The molecule has 0 spiro atoms. The Morgan fingerprint density at radius 3 is 2.70 bits per heavy atom. The van der Waals surface area contributed by atoms with Crippen LogP contribution in [0.4, 0.5) is 22.0 Å². The molecule has 3 aromatic heterocycles. The minimum Gasteiger partial charge on any atom is -0.382 e. The number of nitrogen functional groups attached to an aromatic ring is 2. The lowest BCUT2D eigenvalue weighted by Gasteiger charge is -2.21. The van der Waals surface area contributed by atoms with E-state index < -0.39 is 17.4 Å². The van der Waals surface area contributed by atoms with Crippen LogP contribution in [-0.4, -0.2) is 24.5 Å². The van der Waals surface area contributed by atoms with E-state index in [0.29, 0.717) is 5.69 Å². The summed E-state index contributed by atoms with van der Waals surface area (Å²) in [6.07, 6.45) is 3.08. The number of aryl methyl sites for hydroxylation is 1. The molecule has 4 rings (SSSR count). The van der Waals surface area contributed by atoms with Gasteiger partial charge in [0.25, 0.3) is 5.56 Å². The van der Waals surface area contributed by atoms with Gasteiger partial charge in [-0.25, -0.2) is 9.37 Å². The maximum absolute atomic E-state index is 14.1. The second kappa shape index (κ2) is 8.33. The molecular weight excluding hydrogens is 449 g/mol. The zero-order chi connectivity index (χ0) is 23.9. The SMILES string of the molecule is Cc1ccncc1-n1c([C@H](C)Nc2nc(N)nc(N)c2C#N)nc2ccc(F)c(Cl)c2c1=O. The summed E-state index contributed by atoms with van der Waals surface area (Å²) in [4.78, 5) is 30.1. The second-order valence-corrected chi connectivity index (χ2v) is 7.57. The molecule has 0 radical (unpaired) electrons. The number of benzene rings is 1. The molecule has 1 aromatic carbocycles. The van der Waals surface area contributed by atoms with Crippen molar-refractivity contribution < 1.29 is 4.39 Å². The summed E-state index contributed by atoms with van der Waals surface area (Å²) in [7, 11) is 0. The number of aromatic nitrogens is 5. The van der Waals surface area contributed by atoms with Crippen molar-refractivity contribution in [3.63, 3.8) is 0 Å². The predicted molar refractivity (Wildman–Crippen MR) is 122 cm³/mol. The molecule has 0 aliphatic rings. The minimum absolute atomic E-state index is 0.00610. The van der Waals surface area contributed by atoms with Crippen LogP contribution in [-0.2, 0) is 0 Å². The Labute approximate surface area is 191 Å². The molecule has 3 heterocycles. The van der Waals surface area contributed by atoms with Crippen LogP contribution in [0.1, 0.15) is 29.9 Å². The van der Waals surface area contributed by atoms with Crippen LogP contribution in [0.2, 0.25) is 5.02 Å². The molecule has 12 heteroatoms. The Morgan fingerprint density at radius 1 is 1.24 bits per heavy atom. The van der Waals surface area contributed by atoms with E-state index in [2.05, 4.69) is 25.3 Å². The van der Waals surface area contributed by atoms with Crippen molar-refractivity contribution in [2.24, 2.45) is 0 Å². The fourth-order valence-electron chi connectivity index (χ4n) is 3.42. The number of nitrogens with zero attached hydrogens (tertiary/aromatic N) is 6. The molecule has 5 N–H and O–H groups in total. The van der Waals surface area contributed by atoms with Gasteiger partial charge in [0.2, 0.25) is 5.95 Å². The largest absolute Gasteiger partial charge is 0.382 e. The van der Waals surface area contributed by atoms with E-state index in [4.69, 9.17) is 23.1 Å². The number of hydrogen-bond acceptors (Lipinski definition) is 9. The molecule has 0 saturated carbocycles. The van der Waals surface area contributed by atoms with Gasteiger partial charge in [-0.05, 0) is 37.6 Å². The minimum atomic E-state index is -0.734. The van der Waals surface area contributed by atoms with Crippen LogP contribution < -0.4 is 22.3 Å². The number of hydrogen-bond donors (Lipinski definition) is 3. The monoisotopic (exact) mass is 465 g/mol. The first-order valence-electron chi connectivity index (χ1n) is 9.64. The van der Waals surface area contributed by atoms with Crippen molar-refractivity contribution in [2.75, 3.05) is 16.8 Å². The lowest BCUT2D eigenvalue weighted by molar-refractivity contribution is 0.629. The molecular formula is C21H17ClFN9O. The summed E-state index contributed by atoms with van der Waals surface area (Å²) in [5.74, 6) is -0.631. The average molecular weight is 466 g/mol. The highest BCUT2D eigenvalue weighted by atomic mass is 35.5. The molecule has 10 nitrogen and oxygen atoms in total. The van der Waals surface area contributed by atoms with Crippen molar-refractivity contribution in [3.8, 4) is 11.8 Å². The van der Waals surface area contributed by atoms with Gasteiger partial charge in [-0.2, -0.15) is 15.2 Å². The Hall–Kier alpha value is -4.30. The van der Waals surface area contributed by atoms with Crippen LogP contribution >= 0.6 is 11.6 Å². The highest BCUT2D eigenvalue weighted by Gasteiger charge is 2.23. The van der Waals surface area contributed by atoms with Gasteiger partial charge < -0.3 is 16.8 Å². The quantitative estimate of drug-likeness (QED) is 0.411. The van der Waals surface area contributed by atoms with Crippen molar-refractivity contribution in [3.05, 3.63) is 68.7 Å². The Kier molecular flexibility index (Phi) is 5.53. The second-order valence-electron chi connectivity index (χ2n) is 7.20. The summed E-state index contributed by atoms with van der Waals surface area (Å²) >= 11 is 6.13. The van der Waals surface area contributed by atoms with Crippen molar-refractivity contribution in [1.82, 2.24) is 24.5 Å². The van der Waals surface area contributed by atoms with E-state index >= 15 is 0 Å². The fraction of sp³-hybridized carbons (Fsp3) is 0.143. The van der Waals surface area contributed by atoms with Gasteiger partial charge in [-0.15, -0.1) is 0 Å². The third kappa shape index (κ3) is 3.77. The van der Waals surface area contributed by atoms with Crippen LogP contribution in [0.15, 0.2) is 35.4 Å². The predicted octanol–water partition coefficient (Wildman–Crippen LogP) is 2.88. The number of pyridine rings is 1. The molecule has 0 aliphatic heterocycles. The standard InChI is InChI=1S/C21H17ClFN9O/c1-9-5-6-27-8-14(9)32-19(29-13-4-3-12(23)16(22)15(13)20(32)33)10(2)28-18-11(7-24)17(25)30-21(26)31-18/h3-6,8,10H,1-2H3,(H5,25,26,28,30,31)/t10-/m0/s1. The Bertz CT molecular complexity index is 1510. The van der Waals surface area contributed by atoms with E-state index in [0.717, 1.165) is 11.6 Å². The summed E-state index contributed by atoms with van der Waals surface area (Å²) in [6, 6.07) is 5.47. The maximum Gasteiger partial charge on any atom is 0.267 e. The Morgan fingerprint density at radius 2 is 2.00 bits per heavy atom. The molecule has 0 fully saturated rings. The van der Waals surface area contributed by atoms with Gasteiger partial charge in [0, 0.05) is 6.20 Å². The molecule has 0 amide bonds. The molecule has 1 atom stereocenters. The van der Waals surface area contributed by atoms with Gasteiger partial charge in [-0.3, -0.25) is 14.3 Å². The van der Waals surface area contributed by atoms with Gasteiger partial charge in [-0.1, -0.05) is 11.6 Å². The van der Waals surface area contributed by atoms with Gasteiger partial charge in [0.05, 0.1) is 33.9 Å². The van der Waals surface area contributed by atoms with E-state index in [-0.39, 0.29) is 44.9 Å². The normalized spacial score (nSPS) is 11.8. The molecule has 0 aliphatic carbocycles. The zero-order valence-electron chi connectivity index (χ0n) is 17.5. The number of rotatable bonds is 4. The first-order chi connectivity index (χ1) is 15.7. The molecule has 4 aromatic rings. The molecule has 0 bridgehead atoms. The highest BCUT2D eigenvalue weighted by Crippen LogP contribution is 2.28. The average Bonchev–Trinajstić information content (AvgIpc) is 2.76. The number of nitrogens with two attached hydrogens (primary N) is 2. The number of anilines is 3. The molecule has 166 valence electrons. The van der Waals surface area contributed by atoms with Crippen molar-refractivity contribution in [1.29, 1.82) is 5.26 Å². The number of fused-ring (bicyclic) bond motifs is 1. The number of nitrogens with one attached hydrogen (secondary N) is 1. The van der Waals surface area contributed by atoms with Gasteiger partial charge >= 0.3 is 0 Å². The maximum atomic E-state index is 14.1. The van der Waals surface area contributed by atoms with Gasteiger partial charge in [0.1, 0.15) is 29.1 Å². The third-order valence-electron chi connectivity index (χ3n) is 5.01.